The fourth-order valence-corrected chi connectivity index (χ4v) is 0.341. The first kappa shape index (κ1) is 8.08. The summed E-state index contributed by atoms with van der Waals surface area (Å²) in [6, 6.07) is 0. The lowest BCUT2D eigenvalue weighted by atomic mass is 10.4. The minimum absolute atomic E-state index is 1.04. The molecule has 0 aromatic heterocycles. The van der Waals surface area contributed by atoms with Crippen LogP contribution in [0.4, 0.5) is 0 Å². The molecule has 0 unspecified atom stereocenters. The van der Waals surface area contributed by atoms with Crippen LogP contribution in [-0.2, 0) is 0 Å². The van der Waals surface area contributed by atoms with Gasteiger partial charge in [0.1, 0.15) is 0 Å². The topological polar surface area (TPSA) is 24.7 Å². The molecule has 9 heavy (non-hydrogen) atoms. The number of allylic oxidation sites excluding steroid dienone is 2. The molecule has 2 nitrogen and oxygen atoms in total. The molecule has 0 atom stereocenters. The molecule has 0 aromatic carbocycles. The van der Waals surface area contributed by atoms with Crippen molar-refractivity contribution in [1.29, 1.82) is 0 Å². The van der Waals surface area contributed by atoms with Gasteiger partial charge in [-0.15, -0.1) is 0 Å². The molecule has 0 fully saturated rings. The Morgan fingerprint density at radius 3 is 2.67 bits per heavy atom. The van der Waals surface area contributed by atoms with Gasteiger partial charge in [-0.2, -0.15) is 10.2 Å². The summed E-state index contributed by atoms with van der Waals surface area (Å²) in [6.07, 6.45) is 8.27. The predicted molar refractivity (Wildman–Crippen MR) is 42.1 cm³/mol. The fourth-order valence-electron chi connectivity index (χ4n) is 0.341. The molecular formula is C7H12N2. The van der Waals surface area contributed by atoms with Crippen molar-refractivity contribution in [2.24, 2.45) is 10.2 Å². The number of rotatable bonds is 3. The Morgan fingerprint density at radius 1 is 1.33 bits per heavy atom. The maximum absolute atomic E-state index is 3.68. The maximum Gasteiger partial charge on any atom is 0.0492 e. The molecule has 0 N–H and O–H groups in total. The van der Waals surface area contributed by atoms with E-state index < -0.39 is 0 Å². The van der Waals surface area contributed by atoms with E-state index in [1.807, 2.05) is 19.1 Å². The lowest BCUT2D eigenvalue weighted by Crippen LogP contribution is -1.62. The van der Waals surface area contributed by atoms with E-state index in [0.717, 1.165) is 6.42 Å². The average molecular weight is 124 g/mol. The van der Waals surface area contributed by atoms with Crippen LogP contribution in [0.1, 0.15) is 20.3 Å². The van der Waals surface area contributed by atoms with Crippen LogP contribution in [0.25, 0.3) is 0 Å². The van der Waals surface area contributed by atoms with Gasteiger partial charge in [-0.1, -0.05) is 13.0 Å². The monoisotopic (exact) mass is 124 g/mol. The van der Waals surface area contributed by atoms with Gasteiger partial charge in [-0.05, 0) is 19.4 Å². The lowest BCUT2D eigenvalue weighted by molar-refractivity contribution is 1.22. The van der Waals surface area contributed by atoms with Gasteiger partial charge in [0.25, 0.3) is 0 Å². The Kier molecular flexibility index (Phi) is 6.36. The molecule has 0 radical (unpaired) electrons. The minimum atomic E-state index is 1.04. The highest BCUT2D eigenvalue weighted by Gasteiger charge is 1.61. The summed E-state index contributed by atoms with van der Waals surface area (Å²) in [5, 5.41) is 7.32. The van der Waals surface area contributed by atoms with Crippen LogP contribution in [0.15, 0.2) is 22.4 Å². The zero-order valence-electron chi connectivity index (χ0n) is 5.91. The minimum Gasteiger partial charge on any atom is -0.164 e. The largest absolute Gasteiger partial charge is 0.164 e. The Labute approximate surface area is 56.0 Å². The van der Waals surface area contributed by atoms with Crippen LogP contribution >= 0.6 is 0 Å². The van der Waals surface area contributed by atoms with Gasteiger partial charge >= 0.3 is 0 Å². The van der Waals surface area contributed by atoms with Gasteiger partial charge in [-0.25, -0.2) is 0 Å². The molecule has 0 saturated heterocycles. The van der Waals surface area contributed by atoms with Gasteiger partial charge in [-0.3, -0.25) is 0 Å². The molecule has 2 heteroatoms. The van der Waals surface area contributed by atoms with Gasteiger partial charge in [0, 0.05) is 12.4 Å². The van der Waals surface area contributed by atoms with Crippen molar-refractivity contribution in [1.82, 2.24) is 0 Å². The molecule has 0 aromatic rings. The van der Waals surface area contributed by atoms with E-state index in [1.165, 1.54) is 0 Å². The molecule has 50 valence electrons. The third-order valence-electron chi connectivity index (χ3n) is 0.707. The summed E-state index contributed by atoms with van der Waals surface area (Å²) in [5.41, 5.74) is 0. The zero-order chi connectivity index (χ0) is 6.95. The lowest BCUT2D eigenvalue weighted by Gasteiger charge is -1.72. The molecule has 0 bridgehead atoms. The van der Waals surface area contributed by atoms with Crippen LogP contribution < -0.4 is 0 Å². The van der Waals surface area contributed by atoms with Crippen molar-refractivity contribution in [3.63, 3.8) is 0 Å². The van der Waals surface area contributed by atoms with Crippen LogP contribution in [0.5, 0.6) is 0 Å². The number of hydrogen-bond acceptors (Lipinski definition) is 2. The number of nitrogens with zero attached hydrogens (tertiary/aromatic N) is 2. The summed E-state index contributed by atoms with van der Waals surface area (Å²) in [4.78, 5) is 0. The first-order valence-corrected chi connectivity index (χ1v) is 3.08. The predicted octanol–water partition coefficient (Wildman–Crippen LogP) is 2.03. The maximum atomic E-state index is 3.68. The average Bonchev–Trinajstić information content (AvgIpc) is 1.89. The molecule has 0 rings (SSSR count). The van der Waals surface area contributed by atoms with Crippen molar-refractivity contribution in [2.75, 3.05) is 0 Å². The smallest absolute Gasteiger partial charge is 0.0492 e. The quantitative estimate of drug-likeness (QED) is 0.406. The first-order valence-electron chi connectivity index (χ1n) is 3.08. The van der Waals surface area contributed by atoms with Crippen LogP contribution in [0.2, 0.25) is 0 Å². The van der Waals surface area contributed by atoms with Crippen LogP contribution in [0.3, 0.4) is 0 Å². The van der Waals surface area contributed by atoms with Gasteiger partial charge < -0.3 is 0 Å². The van der Waals surface area contributed by atoms with E-state index in [9.17, 15) is 0 Å². The van der Waals surface area contributed by atoms with Crippen LogP contribution in [0, 0.1) is 0 Å². The van der Waals surface area contributed by atoms with Gasteiger partial charge in [0.2, 0.25) is 0 Å². The molecule has 0 aliphatic rings. The molecule has 0 aliphatic heterocycles. The molecular weight excluding hydrogens is 112 g/mol. The molecule has 0 aliphatic carbocycles. The highest BCUT2D eigenvalue weighted by atomic mass is 15.2. The Balaban J connectivity index is 3.35. The Bertz CT molecular complexity index is 123. The van der Waals surface area contributed by atoms with Gasteiger partial charge in [0.15, 0.2) is 0 Å². The second kappa shape index (κ2) is 7.08. The molecule has 0 heterocycles. The standard InChI is InChI=1S/C7H12N2/c1-3-5-6-7-9-8-4-2/h4-7H,3H2,1-2H3. The van der Waals surface area contributed by atoms with E-state index in [0.29, 0.717) is 0 Å². The fraction of sp³-hybridized carbons (Fsp3) is 0.429. The summed E-state index contributed by atoms with van der Waals surface area (Å²) in [7, 11) is 0. The zero-order valence-corrected chi connectivity index (χ0v) is 5.91. The summed E-state index contributed by atoms with van der Waals surface area (Å²) >= 11 is 0. The Morgan fingerprint density at radius 2 is 2.11 bits per heavy atom. The Hall–Kier alpha value is -0.920. The van der Waals surface area contributed by atoms with Gasteiger partial charge in [0.05, 0.1) is 0 Å². The van der Waals surface area contributed by atoms with E-state index >= 15 is 0 Å². The van der Waals surface area contributed by atoms with E-state index in [1.54, 1.807) is 12.4 Å². The van der Waals surface area contributed by atoms with Crippen molar-refractivity contribution in [2.45, 2.75) is 20.3 Å². The van der Waals surface area contributed by atoms with Crippen molar-refractivity contribution < 1.29 is 0 Å². The summed E-state index contributed by atoms with van der Waals surface area (Å²) < 4.78 is 0. The second-order valence-corrected chi connectivity index (χ2v) is 1.47. The number of hydrogen-bond donors (Lipinski definition) is 0. The second-order valence-electron chi connectivity index (χ2n) is 1.47. The third kappa shape index (κ3) is 7.08. The third-order valence-corrected chi connectivity index (χ3v) is 0.707. The molecule has 0 spiro atoms. The van der Waals surface area contributed by atoms with Crippen molar-refractivity contribution in [3.05, 3.63) is 12.2 Å². The highest BCUT2D eigenvalue weighted by molar-refractivity contribution is 5.71. The first-order chi connectivity index (χ1) is 4.41. The SMILES string of the molecule is CC=NN=CC=CCC. The highest BCUT2D eigenvalue weighted by Crippen LogP contribution is 1.76. The van der Waals surface area contributed by atoms with Crippen molar-refractivity contribution >= 4 is 12.4 Å². The molecule has 0 saturated carbocycles. The summed E-state index contributed by atoms with van der Waals surface area (Å²) in [5.74, 6) is 0. The summed E-state index contributed by atoms with van der Waals surface area (Å²) in [6.45, 7) is 3.91. The van der Waals surface area contributed by atoms with E-state index in [-0.39, 0.29) is 0 Å². The van der Waals surface area contributed by atoms with E-state index in [2.05, 4.69) is 17.1 Å². The van der Waals surface area contributed by atoms with Crippen molar-refractivity contribution in [3.8, 4) is 0 Å². The molecule has 0 amide bonds. The van der Waals surface area contributed by atoms with Crippen LogP contribution in [-0.4, -0.2) is 12.4 Å². The van der Waals surface area contributed by atoms with E-state index in [4.69, 9.17) is 0 Å². The normalized spacial score (nSPS) is 12.7.